The molecule has 0 aromatic rings. The Labute approximate surface area is 61.8 Å². The summed E-state index contributed by atoms with van der Waals surface area (Å²) in [5.41, 5.74) is 7.87. The minimum Gasteiger partial charge on any atom is -0.404 e. The largest absolute Gasteiger partial charge is 0.404 e. The lowest BCUT2D eigenvalue weighted by Crippen LogP contribution is -2.10. The van der Waals surface area contributed by atoms with Crippen LogP contribution in [0.3, 0.4) is 0 Å². The summed E-state index contributed by atoms with van der Waals surface area (Å²) in [5, 5.41) is 0. The van der Waals surface area contributed by atoms with Crippen molar-refractivity contribution in [3.63, 3.8) is 0 Å². The molecule has 2 N–H and O–H groups in total. The number of hydrogen-bond acceptors (Lipinski definition) is 2. The van der Waals surface area contributed by atoms with Crippen molar-refractivity contribution in [3.8, 4) is 0 Å². The number of rotatable bonds is 0. The zero-order valence-corrected chi connectivity index (χ0v) is 6.43. The van der Waals surface area contributed by atoms with Crippen molar-refractivity contribution >= 4 is 5.71 Å². The fourth-order valence-electron chi connectivity index (χ4n) is 1.35. The van der Waals surface area contributed by atoms with E-state index in [1.807, 2.05) is 7.05 Å². The maximum absolute atomic E-state index is 5.43. The Bertz CT molecular complexity index is 148. The van der Waals surface area contributed by atoms with E-state index in [0.29, 0.717) is 0 Å². The van der Waals surface area contributed by atoms with Gasteiger partial charge in [-0.25, -0.2) is 0 Å². The Hall–Kier alpha value is -0.790. The van der Waals surface area contributed by atoms with E-state index in [1.165, 1.54) is 24.1 Å². The van der Waals surface area contributed by atoms with E-state index >= 15 is 0 Å². The van der Waals surface area contributed by atoms with Gasteiger partial charge in [0.2, 0.25) is 0 Å². The van der Waals surface area contributed by atoms with Crippen molar-refractivity contribution in [2.45, 2.75) is 25.7 Å². The molecule has 10 heavy (non-hydrogen) atoms. The first-order valence-electron chi connectivity index (χ1n) is 3.75. The highest BCUT2D eigenvalue weighted by Gasteiger charge is 2.10. The summed E-state index contributed by atoms with van der Waals surface area (Å²) >= 11 is 0. The van der Waals surface area contributed by atoms with Crippen molar-refractivity contribution in [2.24, 2.45) is 10.7 Å². The van der Waals surface area contributed by atoms with Crippen molar-refractivity contribution in [3.05, 3.63) is 11.8 Å². The molecule has 0 amide bonds. The summed E-state index contributed by atoms with van der Waals surface area (Å²) in [6.07, 6.45) is 6.45. The van der Waals surface area contributed by atoms with Gasteiger partial charge in [0.25, 0.3) is 0 Å². The third-order valence-corrected chi connectivity index (χ3v) is 1.95. The second kappa shape index (κ2) is 3.40. The van der Waals surface area contributed by atoms with E-state index in [2.05, 4.69) is 4.99 Å². The van der Waals surface area contributed by atoms with E-state index in [1.54, 1.807) is 6.20 Å². The molecule has 0 saturated heterocycles. The lowest BCUT2D eigenvalue weighted by atomic mass is 9.93. The molecule has 0 radical (unpaired) electrons. The molecule has 0 aromatic heterocycles. The van der Waals surface area contributed by atoms with Crippen LogP contribution in [0.25, 0.3) is 0 Å². The molecule has 1 fully saturated rings. The van der Waals surface area contributed by atoms with E-state index in [-0.39, 0.29) is 0 Å². The second-order valence-electron chi connectivity index (χ2n) is 2.57. The van der Waals surface area contributed by atoms with Gasteiger partial charge in [-0.2, -0.15) is 0 Å². The Morgan fingerprint density at radius 3 is 2.60 bits per heavy atom. The van der Waals surface area contributed by atoms with Gasteiger partial charge in [-0.3, -0.25) is 4.99 Å². The monoisotopic (exact) mass is 138 g/mol. The molecule has 56 valence electrons. The molecule has 0 aromatic carbocycles. The van der Waals surface area contributed by atoms with Crippen molar-refractivity contribution in [1.29, 1.82) is 0 Å². The molecule has 1 rings (SSSR count). The number of nitrogens with two attached hydrogens (primary N) is 1. The standard InChI is InChI=1S/C8H14N2/c1-10-8-5-3-2-4-7(8)6-9/h6H,2-5,9H2,1H3. The summed E-state index contributed by atoms with van der Waals surface area (Å²) in [7, 11) is 1.84. The van der Waals surface area contributed by atoms with Gasteiger partial charge in [-0.1, -0.05) is 0 Å². The van der Waals surface area contributed by atoms with Gasteiger partial charge in [-0.05, 0) is 37.5 Å². The molecule has 2 nitrogen and oxygen atoms in total. The van der Waals surface area contributed by atoms with Crippen molar-refractivity contribution in [1.82, 2.24) is 0 Å². The lowest BCUT2D eigenvalue weighted by Gasteiger charge is -2.14. The van der Waals surface area contributed by atoms with E-state index in [0.717, 1.165) is 12.8 Å². The van der Waals surface area contributed by atoms with Gasteiger partial charge in [0.15, 0.2) is 0 Å². The molecule has 0 unspecified atom stereocenters. The van der Waals surface area contributed by atoms with Crippen LogP contribution < -0.4 is 5.73 Å². The van der Waals surface area contributed by atoms with E-state index in [4.69, 9.17) is 5.73 Å². The van der Waals surface area contributed by atoms with Crippen LogP contribution in [0.4, 0.5) is 0 Å². The van der Waals surface area contributed by atoms with Gasteiger partial charge in [0.05, 0.1) is 0 Å². The maximum Gasteiger partial charge on any atom is 0.0391 e. The molecule has 1 aliphatic rings. The van der Waals surface area contributed by atoms with Crippen LogP contribution >= 0.6 is 0 Å². The minimum absolute atomic E-state index is 1.11. The average Bonchev–Trinajstić information content (AvgIpc) is 2.04. The molecule has 0 aliphatic heterocycles. The number of nitrogens with zero attached hydrogens (tertiary/aromatic N) is 1. The van der Waals surface area contributed by atoms with Gasteiger partial charge >= 0.3 is 0 Å². The summed E-state index contributed by atoms with van der Waals surface area (Å²) < 4.78 is 0. The van der Waals surface area contributed by atoms with E-state index in [9.17, 15) is 0 Å². The normalized spacial score (nSPS) is 27.7. The minimum atomic E-state index is 1.11. The summed E-state index contributed by atoms with van der Waals surface area (Å²) in [5.74, 6) is 0. The van der Waals surface area contributed by atoms with Crippen LogP contribution in [0.2, 0.25) is 0 Å². The quantitative estimate of drug-likeness (QED) is 0.541. The number of hydrogen-bond donors (Lipinski definition) is 1. The Morgan fingerprint density at radius 2 is 2.10 bits per heavy atom. The first-order valence-corrected chi connectivity index (χ1v) is 3.75. The lowest BCUT2D eigenvalue weighted by molar-refractivity contribution is 0.731. The molecule has 0 heterocycles. The van der Waals surface area contributed by atoms with Crippen LogP contribution in [0, 0.1) is 0 Å². The third kappa shape index (κ3) is 1.38. The maximum atomic E-state index is 5.43. The molecule has 0 spiro atoms. The molecular weight excluding hydrogens is 124 g/mol. The van der Waals surface area contributed by atoms with Gasteiger partial charge in [-0.15, -0.1) is 0 Å². The topological polar surface area (TPSA) is 38.4 Å². The van der Waals surface area contributed by atoms with Crippen LogP contribution in [0.15, 0.2) is 16.8 Å². The first kappa shape index (κ1) is 7.32. The number of allylic oxidation sites excluding steroid dienone is 1. The first-order chi connectivity index (χ1) is 4.88. The predicted molar refractivity (Wildman–Crippen MR) is 44.1 cm³/mol. The number of aliphatic imine (C=N–C) groups is 1. The SMILES string of the molecule is CN=C1CCCCC1=CN. The van der Waals surface area contributed by atoms with Crippen LogP contribution in [0.1, 0.15) is 25.7 Å². The van der Waals surface area contributed by atoms with Crippen molar-refractivity contribution in [2.75, 3.05) is 7.05 Å². The molecule has 1 saturated carbocycles. The Kier molecular flexibility index (Phi) is 2.49. The molecule has 2 heteroatoms. The average molecular weight is 138 g/mol. The van der Waals surface area contributed by atoms with Crippen LogP contribution in [-0.2, 0) is 0 Å². The third-order valence-electron chi connectivity index (χ3n) is 1.95. The zero-order chi connectivity index (χ0) is 7.40. The second-order valence-corrected chi connectivity index (χ2v) is 2.57. The Morgan fingerprint density at radius 1 is 1.40 bits per heavy atom. The van der Waals surface area contributed by atoms with Gasteiger partial charge < -0.3 is 5.73 Å². The predicted octanol–water partition coefficient (Wildman–Crippen LogP) is 1.47. The summed E-state index contributed by atoms with van der Waals surface area (Å²) in [6, 6.07) is 0. The van der Waals surface area contributed by atoms with E-state index < -0.39 is 0 Å². The summed E-state index contributed by atoms with van der Waals surface area (Å²) in [6.45, 7) is 0. The van der Waals surface area contributed by atoms with Gasteiger partial charge in [0, 0.05) is 12.8 Å². The zero-order valence-electron chi connectivity index (χ0n) is 6.43. The Balaban J connectivity index is 2.69. The van der Waals surface area contributed by atoms with Gasteiger partial charge in [0.1, 0.15) is 0 Å². The fraction of sp³-hybridized carbons (Fsp3) is 0.625. The van der Waals surface area contributed by atoms with Crippen LogP contribution in [-0.4, -0.2) is 12.8 Å². The molecule has 1 aliphatic carbocycles. The highest BCUT2D eigenvalue weighted by Crippen LogP contribution is 2.19. The highest BCUT2D eigenvalue weighted by molar-refractivity contribution is 6.00. The molecular formula is C8H14N2. The molecule has 0 bridgehead atoms. The fourth-order valence-corrected chi connectivity index (χ4v) is 1.35. The van der Waals surface area contributed by atoms with Crippen LogP contribution in [0.5, 0.6) is 0 Å². The smallest absolute Gasteiger partial charge is 0.0391 e. The summed E-state index contributed by atoms with van der Waals surface area (Å²) in [4.78, 5) is 4.17. The highest BCUT2D eigenvalue weighted by atomic mass is 14.7. The van der Waals surface area contributed by atoms with Crippen molar-refractivity contribution < 1.29 is 0 Å². The molecule has 0 atom stereocenters.